The van der Waals surface area contributed by atoms with Crippen molar-refractivity contribution < 1.29 is 24.2 Å². The molecule has 3 atom stereocenters. The molecule has 0 saturated carbocycles. The number of hydrogen-bond acceptors (Lipinski definition) is 5. The van der Waals surface area contributed by atoms with Crippen LogP contribution in [0, 0.1) is 0 Å². The lowest BCUT2D eigenvalue weighted by atomic mass is 10.1. The van der Waals surface area contributed by atoms with Gasteiger partial charge in [-0.25, -0.2) is 4.79 Å². The molecule has 2 amide bonds. The van der Waals surface area contributed by atoms with Gasteiger partial charge >= 0.3 is 5.97 Å². The monoisotopic (exact) mass is 364 g/mol. The van der Waals surface area contributed by atoms with Crippen molar-refractivity contribution in [1.29, 1.82) is 0 Å². The Kier molecular flexibility index (Phi) is 5.29. The first-order chi connectivity index (χ1) is 12.0. The average molecular weight is 364 g/mol. The third-order valence-corrected chi connectivity index (χ3v) is 5.31. The van der Waals surface area contributed by atoms with Crippen molar-refractivity contribution >= 4 is 29.5 Å². The van der Waals surface area contributed by atoms with Crippen LogP contribution in [0.15, 0.2) is 30.3 Å². The Hall–Kier alpha value is -2.06. The van der Waals surface area contributed by atoms with Gasteiger partial charge in [0.1, 0.15) is 6.04 Å². The second kappa shape index (κ2) is 7.45. The van der Waals surface area contributed by atoms with E-state index in [1.807, 2.05) is 6.07 Å². The second-order valence-corrected chi connectivity index (χ2v) is 7.17. The predicted molar refractivity (Wildman–Crippen MR) is 92.3 cm³/mol. The van der Waals surface area contributed by atoms with Crippen molar-refractivity contribution in [2.75, 3.05) is 24.7 Å². The quantitative estimate of drug-likeness (QED) is 0.858. The van der Waals surface area contributed by atoms with Crippen molar-refractivity contribution in [3.63, 3.8) is 0 Å². The summed E-state index contributed by atoms with van der Waals surface area (Å²) in [6.45, 7) is 2.08. The van der Waals surface area contributed by atoms with Gasteiger partial charge in [0.05, 0.1) is 18.5 Å². The largest absolute Gasteiger partial charge is 0.479 e. The van der Waals surface area contributed by atoms with Gasteiger partial charge in [-0.3, -0.25) is 9.59 Å². The summed E-state index contributed by atoms with van der Waals surface area (Å²) in [6, 6.07) is 8.29. The molecule has 2 aliphatic heterocycles. The summed E-state index contributed by atoms with van der Waals surface area (Å²) in [6.07, 6.45) is -1.38. The van der Waals surface area contributed by atoms with Crippen LogP contribution in [0.1, 0.15) is 17.3 Å². The first kappa shape index (κ1) is 17.8. The van der Waals surface area contributed by atoms with E-state index in [0.29, 0.717) is 23.7 Å². The highest BCUT2D eigenvalue weighted by Gasteiger charge is 2.40. The smallest absolute Gasteiger partial charge is 0.334 e. The molecular weight excluding hydrogens is 344 g/mol. The number of ether oxygens (including phenoxy) is 1. The number of carbonyl (C=O) groups excluding carboxylic acids is 2. The molecule has 1 N–H and O–H groups in total. The maximum absolute atomic E-state index is 12.9. The summed E-state index contributed by atoms with van der Waals surface area (Å²) in [5.74, 6) is -0.508. The Labute approximate surface area is 149 Å². The molecule has 3 rings (SSSR count). The highest BCUT2D eigenvalue weighted by Crippen LogP contribution is 2.26. The van der Waals surface area contributed by atoms with Crippen molar-refractivity contribution in [3.05, 3.63) is 35.9 Å². The highest BCUT2D eigenvalue weighted by atomic mass is 32.2. The van der Waals surface area contributed by atoms with Gasteiger partial charge in [0.25, 0.3) is 5.91 Å². The molecule has 1 aromatic carbocycles. The number of carboxylic acid groups (broad SMARTS) is 1. The fourth-order valence-electron chi connectivity index (χ4n) is 3.07. The van der Waals surface area contributed by atoms with Crippen LogP contribution >= 0.6 is 11.8 Å². The molecule has 8 heteroatoms. The van der Waals surface area contributed by atoms with Crippen LogP contribution in [-0.4, -0.2) is 75.7 Å². The number of benzene rings is 1. The van der Waals surface area contributed by atoms with E-state index < -0.39 is 18.1 Å². The fraction of sp³-hybridized carbons (Fsp3) is 0.471. The van der Waals surface area contributed by atoms with E-state index in [-0.39, 0.29) is 24.5 Å². The van der Waals surface area contributed by atoms with Gasteiger partial charge < -0.3 is 19.6 Å². The Bertz CT molecular complexity index is 668. The zero-order chi connectivity index (χ0) is 18.0. The lowest BCUT2D eigenvalue weighted by molar-refractivity contribution is -0.167. The summed E-state index contributed by atoms with van der Waals surface area (Å²) in [5, 5.41) is 9.18. The predicted octanol–water partition coefficient (Wildman–Crippen LogP) is 0.902. The van der Waals surface area contributed by atoms with E-state index in [0.717, 1.165) is 0 Å². The van der Waals surface area contributed by atoms with Gasteiger partial charge in [0, 0.05) is 17.9 Å². The van der Waals surface area contributed by atoms with Gasteiger partial charge in [0.15, 0.2) is 6.10 Å². The number of amides is 2. The summed E-state index contributed by atoms with van der Waals surface area (Å²) >= 11 is 1.52. The SMILES string of the molecule is C[C@@H]1CN(C(=O)C2CSCN2C(=O)c2ccccc2)CC(C(=O)O)O1. The molecule has 2 unspecified atom stereocenters. The Morgan fingerprint density at radius 3 is 2.60 bits per heavy atom. The minimum atomic E-state index is -1.08. The minimum absolute atomic E-state index is 0.00698. The Morgan fingerprint density at radius 1 is 1.20 bits per heavy atom. The lowest BCUT2D eigenvalue weighted by Crippen LogP contribution is -2.57. The Balaban J connectivity index is 1.74. The summed E-state index contributed by atoms with van der Waals surface area (Å²) in [5.41, 5.74) is 0.543. The zero-order valence-corrected chi connectivity index (χ0v) is 14.6. The fourth-order valence-corrected chi connectivity index (χ4v) is 4.22. The molecule has 0 bridgehead atoms. The topological polar surface area (TPSA) is 87.2 Å². The third kappa shape index (κ3) is 3.80. The maximum atomic E-state index is 12.9. The molecule has 2 heterocycles. The highest BCUT2D eigenvalue weighted by molar-refractivity contribution is 7.99. The molecule has 0 radical (unpaired) electrons. The third-order valence-electron chi connectivity index (χ3n) is 4.30. The first-order valence-electron chi connectivity index (χ1n) is 8.08. The summed E-state index contributed by atoms with van der Waals surface area (Å²) in [7, 11) is 0. The number of nitrogens with zero attached hydrogens (tertiary/aromatic N) is 2. The van der Waals surface area contributed by atoms with Crippen LogP contribution in [0.25, 0.3) is 0 Å². The molecule has 2 saturated heterocycles. The number of thioether (sulfide) groups is 1. The number of aliphatic carboxylic acids is 1. The first-order valence-corrected chi connectivity index (χ1v) is 9.23. The minimum Gasteiger partial charge on any atom is -0.479 e. The van der Waals surface area contributed by atoms with Gasteiger partial charge in [-0.2, -0.15) is 0 Å². The van der Waals surface area contributed by atoms with Gasteiger partial charge in [-0.15, -0.1) is 11.8 Å². The molecule has 1 aromatic rings. The number of carboxylic acids is 1. The number of hydrogen-bond donors (Lipinski definition) is 1. The van der Waals surface area contributed by atoms with E-state index in [2.05, 4.69) is 0 Å². The van der Waals surface area contributed by atoms with Crippen LogP contribution in [0.2, 0.25) is 0 Å². The lowest BCUT2D eigenvalue weighted by Gasteiger charge is -2.37. The molecule has 7 nitrogen and oxygen atoms in total. The van der Waals surface area contributed by atoms with Crippen molar-refractivity contribution in [2.45, 2.75) is 25.2 Å². The average Bonchev–Trinajstić information content (AvgIpc) is 3.10. The number of carbonyl (C=O) groups is 3. The van der Waals surface area contributed by atoms with E-state index in [1.165, 1.54) is 16.7 Å². The van der Waals surface area contributed by atoms with Crippen LogP contribution < -0.4 is 0 Å². The van der Waals surface area contributed by atoms with Crippen LogP contribution in [0.3, 0.4) is 0 Å². The van der Waals surface area contributed by atoms with Gasteiger partial charge in [0.2, 0.25) is 5.91 Å². The van der Waals surface area contributed by atoms with Crippen molar-refractivity contribution in [2.24, 2.45) is 0 Å². The molecule has 25 heavy (non-hydrogen) atoms. The molecule has 0 aromatic heterocycles. The zero-order valence-electron chi connectivity index (χ0n) is 13.8. The molecule has 0 aliphatic carbocycles. The van der Waals surface area contributed by atoms with Gasteiger partial charge in [-0.1, -0.05) is 18.2 Å². The van der Waals surface area contributed by atoms with E-state index in [9.17, 15) is 19.5 Å². The van der Waals surface area contributed by atoms with E-state index in [4.69, 9.17) is 4.74 Å². The van der Waals surface area contributed by atoms with Crippen LogP contribution in [0.4, 0.5) is 0 Å². The van der Waals surface area contributed by atoms with Crippen molar-refractivity contribution in [1.82, 2.24) is 9.80 Å². The normalized spacial score (nSPS) is 26.5. The molecular formula is C17H20N2O5S. The number of morpholine rings is 1. The van der Waals surface area contributed by atoms with Crippen LogP contribution in [0.5, 0.6) is 0 Å². The molecule has 2 aliphatic rings. The van der Waals surface area contributed by atoms with E-state index in [1.54, 1.807) is 36.1 Å². The molecule has 0 spiro atoms. The standard InChI is InChI=1S/C17H20N2O5S/c1-11-7-18(8-14(24-11)17(22)23)16(21)13-9-25-10-19(13)15(20)12-5-3-2-4-6-12/h2-6,11,13-14H,7-10H2,1H3,(H,22,23)/t11-,13?,14?/m1/s1. The second-order valence-electron chi connectivity index (χ2n) is 6.17. The van der Waals surface area contributed by atoms with Crippen LogP contribution in [-0.2, 0) is 14.3 Å². The number of rotatable bonds is 3. The Morgan fingerprint density at radius 2 is 1.92 bits per heavy atom. The van der Waals surface area contributed by atoms with Gasteiger partial charge in [-0.05, 0) is 19.1 Å². The maximum Gasteiger partial charge on any atom is 0.334 e. The summed E-state index contributed by atoms with van der Waals surface area (Å²) in [4.78, 5) is 39.9. The summed E-state index contributed by atoms with van der Waals surface area (Å²) < 4.78 is 5.36. The van der Waals surface area contributed by atoms with E-state index >= 15 is 0 Å². The molecule has 134 valence electrons. The molecule has 2 fully saturated rings. The van der Waals surface area contributed by atoms with Crippen molar-refractivity contribution in [3.8, 4) is 0 Å².